The van der Waals surface area contributed by atoms with E-state index >= 15 is 0 Å². The molecule has 0 aliphatic carbocycles. The van der Waals surface area contributed by atoms with Gasteiger partial charge in [-0.2, -0.15) is 0 Å². The zero-order chi connectivity index (χ0) is 7.56. The fraction of sp³-hybridized carbons (Fsp3) is 0.333. The van der Waals surface area contributed by atoms with E-state index in [9.17, 15) is 0 Å². The van der Waals surface area contributed by atoms with E-state index in [1.54, 1.807) is 12.3 Å². The van der Waals surface area contributed by atoms with Gasteiger partial charge in [0.1, 0.15) is 0 Å². The minimum Gasteiger partial charge on any atom is -0.364 e. The smallest absolute Gasteiger partial charge is 0.182 e. The zero-order valence-electron chi connectivity index (χ0n) is 5.47. The number of aromatic nitrogens is 1. The molecule has 3 nitrogen and oxygen atoms in total. The standard InChI is InChI=1S/C6H8BrNO2/c1-10-6(9)4-2-5(7)8-3-4/h2-3,6,8-9H,1H3. The van der Waals surface area contributed by atoms with Crippen LogP contribution < -0.4 is 0 Å². The van der Waals surface area contributed by atoms with Crippen molar-refractivity contribution in [2.24, 2.45) is 0 Å². The van der Waals surface area contributed by atoms with Gasteiger partial charge in [0.05, 0.1) is 4.60 Å². The maximum Gasteiger partial charge on any atom is 0.182 e. The molecule has 0 aliphatic heterocycles. The Morgan fingerprint density at radius 2 is 2.50 bits per heavy atom. The van der Waals surface area contributed by atoms with Gasteiger partial charge in [-0.3, -0.25) is 0 Å². The van der Waals surface area contributed by atoms with Gasteiger partial charge in [-0.1, -0.05) is 0 Å². The quantitative estimate of drug-likeness (QED) is 0.718. The molecule has 0 aromatic carbocycles. The maximum atomic E-state index is 9.08. The van der Waals surface area contributed by atoms with Crippen molar-refractivity contribution in [3.63, 3.8) is 0 Å². The average Bonchev–Trinajstić information content (AvgIpc) is 2.34. The van der Waals surface area contributed by atoms with Crippen LogP contribution in [-0.4, -0.2) is 17.2 Å². The van der Waals surface area contributed by atoms with Gasteiger partial charge >= 0.3 is 0 Å². The molecular formula is C6H8BrNO2. The van der Waals surface area contributed by atoms with Gasteiger partial charge in [0, 0.05) is 18.9 Å². The minimum atomic E-state index is -0.831. The number of ether oxygens (including phenoxy) is 1. The Balaban J connectivity index is 2.74. The lowest BCUT2D eigenvalue weighted by molar-refractivity contribution is -0.0768. The number of hydrogen-bond acceptors (Lipinski definition) is 2. The first kappa shape index (κ1) is 7.78. The third-order valence-corrected chi connectivity index (χ3v) is 1.64. The largest absolute Gasteiger partial charge is 0.364 e. The first-order valence-electron chi connectivity index (χ1n) is 2.78. The normalized spacial score (nSPS) is 13.5. The summed E-state index contributed by atoms with van der Waals surface area (Å²) in [6, 6.07) is 1.76. The number of aliphatic hydroxyl groups excluding tert-OH is 1. The van der Waals surface area contributed by atoms with E-state index in [4.69, 9.17) is 5.11 Å². The second kappa shape index (κ2) is 3.18. The third-order valence-electron chi connectivity index (χ3n) is 1.18. The molecule has 10 heavy (non-hydrogen) atoms. The number of rotatable bonds is 2. The lowest BCUT2D eigenvalue weighted by Gasteiger charge is -2.03. The average molecular weight is 206 g/mol. The molecule has 0 amide bonds. The van der Waals surface area contributed by atoms with E-state index in [0.29, 0.717) is 0 Å². The summed E-state index contributed by atoms with van der Waals surface area (Å²) in [6.07, 6.45) is 0.848. The molecule has 56 valence electrons. The van der Waals surface area contributed by atoms with Gasteiger partial charge in [0.2, 0.25) is 0 Å². The molecule has 0 spiro atoms. The van der Waals surface area contributed by atoms with Crippen molar-refractivity contribution in [1.82, 2.24) is 4.98 Å². The van der Waals surface area contributed by atoms with E-state index in [-0.39, 0.29) is 0 Å². The van der Waals surface area contributed by atoms with Gasteiger partial charge in [0.25, 0.3) is 0 Å². The van der Waals surface area contributed by atoms with Crippen molar-refractivity contribution in [2.75, 3.05) is 7.11 Å². The first-order chi connectivity index (χ1) is 4.74. The van der Waals surface area contributed by atoms with E-state index in [0.717, 1.165) is 10.2 Å². The van der Waals surface area contributed by atoms with Crippen LogP contribution in [0.1, 0.15) is 11.9 Å². The van der Waals surface area contributed by atoms with Crippen molar-refractivity contribution in [3.05, 3.63) is 22.4 Å². The highest BCUT2D eigenvalue weighted by atomic mass is 79.9. The van der Waals surface area contributed by atoms with Gasteiger partial charge in [-0.25, -0.2) is 0 Å². The topological polar surface area (TPSA) is 45.2 Å². The summed E-state index contributed by atoms with van der Waals surface area (Å²) in [6.45, 7) is 0. The summed E-state index contributed by atoms with van der Waals surface area (Å²) < 4.78 is 5.50. The molecule has 0 saturated heterocycles. The van der Waals surface area contributed by atoms with E-state index < -0.39 is 6.29 Å². The molecule has 1 rings (SSSR count). The number of methoxy groups -OCH3 is 1. The molecule has 2 N–H and O–H groups in total. The van der Waals surface area contributed by atoms with Crippen molar-refractivity contribution in [2.45, 2.75) is 6.29 Å². The summed E-state index contributed by atoms with van der Waals surface area (Å²) in [4.78, 5) is 2.86. The van der Waals surface area contributed by atoms with E-state index in [2.05, 4.69) is 25.7 Å². The highest BCUT2D eigenvalue weighted by molar-refractivity contribution is 9.10. The lowest BCUT2D eigenvalue weighted by Crippen LogP contribution is -1.96. The summed E-state index contributed by atoms with van der Waals surface area (Å²) >= 11 is 3.21. The van der Waals surface area contributed by atoms with Gasteiger partial charge in [0.15, 0.2) is 6.29 Å². The zero-order valence-corrected chi connectivity index (χ0v) is 7.05. The van der Waals surface area contributed by atoms with Crippen LogP contribution in [0.25, 0.3) is 0 Å². The molecule has 1 aromatic heterocycles. The molecule has 4 heteroatoms. The van der Waals surface area contributed by atoms with Crippen LogP contribution in [0.15, 0.2) is 16.9 Å². The molecule has 1 heterocycles. The first-order valence-corrected chi connectivity index (χ1v) is 3.58. The van der Waals surface area contributed by atoms with Crippen molar-refractivity contribution >= 4 is 15.9 Å². The van der Waals surface area contributed by atoms with Crippen molar-refractivity contribution in [3.8, 4) is 0 Å². The fourth-order valence-electron chi connectivity index (χ4n) is 0.661. The van der Waals surface area contributed by atoms with Crippen molar-refractivity contribution in [1.29, 1.82) is 0 Å². The van der Waals surface area contributed by atoms with Crippen LogP contribution in [0.2, 0.25) is 0 Å². The van der Waals surface area contributed by atoms with Gasteiger partial charge in [-0.15, -0.1) is 0 Å². The Kier molecular flexibility index (Phi) is 2.48. The van der Waals surface area contributed by atoms with Gasteiger partial charge in [-0.05, 0) is 22.0 Å². The van der Waals surface area contributed by atoms with Crippen LogP contribution in [-0.2, 0) is 4.74 Å². The SMILES string of the molecule is COC(O)c1c[nH]c(Br)c1. The summed E-state index contributed by atoms with van der Waals surface area (Å²) in [7, 11) is 1.45. The highest BCUT2D eigenvalue weighted by Crippen LogP contribution is 2.17. The van der Waals surface area contributed by atoms with Crippen LogP contribution in [0, 0.1) is 0 Å². The molecule has 0 aliphatic rings. The lowest BCUT2D eigenvalue weighted by atomic mass is 10.3. The Bertz CT molecular complexity index is 211. The summed E-state index contributed by atoms with van der Waals surface area (Å²) in [5, 5.41) is 9.08. The summed E-state index contributed by atoms with van der Waals surface area (Å²) in [5.74, 6) is 0. The molecule has 0 fully saturated rings. The van der Waals surface area contributed by atoms with Crippen molar-refractivity contribution < 1.29 is 9.84 Å². The number of H-pyrrole nitrogens is 1. The Morgan fingerprint density at radius 3 is 2.90 bits per heavy atom. The van der Waals surface area contributed by atoms with E-state index in [1.165, 1.54) is 7.11 Å². The molecule has 1 unspecified atom stereocenters. The summed E-state index contributed by atoms with van der Waals surface area (Å²) in [5.41, 5.74) is 0.717. The molecule has 1 aromatic rings. The van der Waals surface area contributed by atoms with Crippen LogP contribution >= 0.6 is 15.9 Å². The Hall–Kier alpha value is -0.320. The number of halogens is 1. The Labute approximate surface area is 67.1 Å². The van der Waals surface area contributed by atoms with Crippen LogP contribution in [0.5, 0.6) is 0 Å². The second-order valence-electron chi connectivity index (χ2n) is 1.87. The molecule has 0 bridgehead atoms. The fourth-order valence-corrected chi connectivity index (χ4v) is 1.04. The number of hydrogen-bond donors (Lipinski definition) is 2. The number of aliphatic hydroxyl groups is 1. The third kappa shape index (κ3) is 1.59. The minimum absolute atomic E-state index is 0.717. The van der Waals surface area contributed by atoms with Crippen LogP contribution in [0.4, 0.5) is 0 Å². The Morgan fingerprint density at radius 1 is 1.80 bits per heavy atom. The number of nitrogens with one attached hydrogen (secondary N) is 1. The predicted molar refractivity (Wildman–Crippen MR) is 40.5 cm³/mol. The molecule has 0 saturated carbocycles. The highest BCUT2D eigenvalue weighted by Gasteiger charge is 2.05. The predicted octanol–water partition coefficient (Wildman–Crippen LogP) is 1.41. The second-order valence-corrected chi connectivity index (χ2v) is 2.72. The van der Waals surface area contributed by atoms with Crippen LogP contribution in [0.3, 0.4) is 0 Å². The monoisotopic (exact) mass is 205 g/mol. The molecule has 1 atom stereocenters. The maximum absolute atomic E-state index is 9.08. The molecule has 0 radical (unpaired) electrons. The molecular weight excluding hydrogens is 198 g/mol. The van der Waals surface area contributed by atoms with E-state index in [1.807, 2.05) is 0 Å². The number of aromatic amines is 1. The van der Waals surface area contributed by atoms with Gasteiger partial charge < -0.3 is 14.8 Å².